The molecule has 0 aliphatic carbocycles. The van der Waals surface area contributed by atoms with Crippen LogP contribution < -0.4 is 0 Å². The van der Waals surface area contributed by atoms with Gasteiger partial charge in [-0.15, -0.1) is 0 Å². The number of aryl methyl sites for hydroxylation is 2. The van der Waals surface area contributed by atoms with E-state index in [0.717, 1.165) is 26.4 Å². The van der Waals surface area contributed by atoms with Crippen molar-refractivity contribution in [2.45, 2.75) is 37.0 Å². The average Bonchev–Trinajstić information content (AvgIpc) is 2.61. The van der Waals surface area contributed by atoms with E-state index < -0.39 is 6.10 Å². The summed E-state index contributed by atoms with van der Waals surface area (Å²) in [5.74, 6) is 0.842. The molecule has 5 heteroatoms. The van der Waals surface area contributed by atoms with Crippen LogP contribution in [0.5, 0.6) is 0 Å². The van der Waals surface area contributed by atoms with Gasteiger partial charge in [0.25, 0.3) is 5.22 Å². The highest BCUT2D eigenvalue weighted by Gasteiger charge is 2.11. The Hall–Kier alpha value is -0.780. The zero-order chi connectivity index (χ0) is 13.3. The summed E-state index contributed by atoms with van der Waals surface area (Å²) in [6.45, 7) is 5.57. The molecule has 0 amide bonds. The second-order valence-electron chi connectivity index (χ2n) is 4.09. The first-order valence-electron chi connectivity index (χ1n) is 5.56. The second kappa shape index (κ2) is 5.47. The largest absolute Gasteiger partial charge is 0.436 e. The summed E-state index contributed by atoms with van der Waals surface area (Å²) in [7, 11) is 0. The summed E-state index contributed by atoms with van der Waals surface area (Å²) in [4.78, 5) is 5.34. The van der Waals surface area contributed by atoms with Crippen LogP contribution in [0.2, 0.25) is 0 Å². The highest BCUT2D eigenvalue weighted by Crippen LogP contribution is 2.35. The van der Waals surface area contributed by atoms with Crippen LogP contribution in [0.4, 0.5) is 0 Å². The van der Waals surface area contributed by atoms with Crippen molar-refractivity contribution in [3.05, 3.63) is 39.7 Å². The van der Waals surface area contributed by atoms with Gasteiger partial charge in [0.1, 0.15) is 5.76 Å². The van der Waals surface area contributed by atoms with Crippen molar-refractivity contribution in [2.24, 2.45) is 0 Å². The number of aliphatic hydroxyl groups excluding tert-OH is 1. The molecule has 1 heterocycles. The Balaban J connectivity index is 2.24. The van der Waals surface area contributed by atoms with Crippen LogP contribution in [0.1, 0.15) is 30.0 Å². The summed E-state index contributed by atoms with van der Waals surface area (Å²) < 4.78 is 6.46. The molecular weight excluding hydrogens is 314 g/mol. The first-order valence-corrected chi connectivity index (χ1v) is 7.17. The molecule has 0 spiro atoms. The fourth-order valence-corrected chi connectivity index (χ4v) is 2.91. The van der Waals surface area contributed by atoms with E-state index in [-0.39, 0.29) is 0 Å². The minimum atomic E-state index is -0.466. The third-order valence-corrected chi connectivity index (χ3v) is 4.49. The van der Waals surface area contributed by atoms with Crippen LogP contribution in [-0.4, -0.2) is 10.1 Å². The Morgan fingerprint density at radius 2 is 2.11 bits per heavy atom. The number of rotatable bonds is 3. The van der Waals surface area contributed by atoms with Crippen molar-refractivity contribution in [1.82, 2.24) is 4.98 Å². The van der Waals surface area contributed by atoms with Gasteiger partial charge in [-0.1, -0.05) is 6.07 Å². The van der Waals surface area contributed by atoms with Gasteiger partial charge in [0.2, 0.25) is 0 Å². The van der Waals surface area contributed by atoms with Crippen LogP contribution in [0.25, 0.3) is 0 Å². The molecule has 3 nitrogen and oxygen atoms in total. The maximum Gasteiger partial charge on any atom is 0.261 e. The fraction of sp³-hybridized carbons (Fsp3) is 0.308. The number of aliphatic hydroxyl groups is 1. The standard InChI is InChI=1S/C13H14BrNO2S/c1-7-9(3)17-13(15-7)18-12-5-4-10(8(2)16)6-11(12)14/h4-6,8,16H,1-3H3. The molecule has 0 aliphatic rings. The third-order valence-electron chi connectivity index (χ3n) is 2.64. The third kappa shape index (κ3) is 2.96. The van der Waals surface area contributed by atoms with Crippen molar-refractivity contribution >= 4 is 27.7 Å². The maximum atomic E-state index is 9.51. The van der Waals surface area contributed by atoms with Gasteiger partial charge in [-0.25, -0.2) is 4.98 Å². The Morgan fingerprint density at radius 1 is 1.39 bits per heavy atom. The van der Waals surface area contributed by atoms with E-state index in [0.29, 0.717) is 5.22 Å². The molecule has 0 saturated heterocycles. The van der Waals surface area contributed by atoms with E-state index in [1.165, 1.54) is 11.8 Å². The normalized spacial score (nSPS) is 12.7. The van der Waals surface area contributed by atoms with Gasteiger partial charge in [0.15, 0.2) is 0 Å². The Morgan fingerprint density at radius 3 is 2.61 bits per heavy atom. The summed E-state index contributed by atoms with van der Waals surface area (Å²) in [5, 5.41) is 10.1. The highest BCUT2D eigenvalue weighted by molar-refractivity contribution is 9.10. The number of aromatic nitrogens is 1. The van der Waals surface area contributed by atoms with Crippen LogP contribution in [0.3, 0.4) is 0 Å². The molecule has 0 radical (unpaired) electrons. The summed E-state index contributed by atoms with van der Waals surface area (Å²) in [6, 6.07) is 5.77. The molecule has 2 rings (SSSR count). The van der Waals surface area contributed by atoms with Crippen molar-refractivity contribution in [3.63, 3.8) is 0 Å². The van der Waals surface area contributed by atoms with E-state index in [2.05, 4.69) is 20.9 Å². The molecular formula is C13H14BrNO2S. The van der Waals surface area contributed by atoms with Crippen molar-refractivity contribution in [3.8, 4) is 0 Å². The first kappa shape index (κ1) is 13.6. The summed E-state index contributed by atoms with van der Waals surface area (Å²) >= 11 is 4.96. The smallest absolute Gasteiger partial charge is 0.261 e. The van der Waals surface area contributed by atoms with Gasteiger partial charge in [0, 0.05) is 9.37 Å². The Kier molecular flexibility index (Phi) is 4.14. The van der Waals surface area contributed by atoms with Crippen LogP contribution in [-0.2, 0) is 0 Å². The van der Waals surface area contributed by atoms with Crippen molar-refractivity contribution in [1.29, 1.82) is 0 Å². The molecule has 0 aliphatic heterocycles. The number of hydrogen-bond donors (Lipinski definition) is 1. The lowest BCUT2D eigenvalue weighted by Crippen LogP contribution is -1.90. The lowest BCUT2D eigenvalue weighted by atomic mass is 10.1. The lowest BCUT2D eigenvalue weighted by Gasteiger charge is -2.07. The van der Waals surface area contributed by atoms with E-state index in [1.54, 1.807) is 6.92 Å². The van der Waals surface area contributed by atoms with Gasteiger partial charge in [0.05, 0.1) is 11.8 Å². The number of oxazole rings is 1. The van der Waals surface area contributed by atoms with E-state index >= 15 is 0 Å². The zero-order valence-corrected chi connectivity index (χ0v) is 12.8. The fourth-order valence-electron chi connectivity index (χ4n) is 1.44. The molecule has 0 bridgehead atoms. The van der Waals surface area contributed by atoms with Crippen LogP contribution >= 0.6 is 27.7 Å². The Bertz CT molecular complexity index is 547. The van der Waals surface area contributed by atoms with Crippen LogP contribution in [0, 0.1) is 13.8 Å². The average molecular weight is 328 g/mol. The van der Waals surface area contributed by atoms with Gasteiger partial charge < -0.3 is 9.52 Å². The minimum absolute atomic E-state index is 0.466. The van der Waals surface area contributed by atoms with Crippen molar-refractivity contribution in [2.75, 3.05) is 0 Å². The summed E-state index contributed by atoms with van der Waals surface area (Å²) in [6.07, 6.45) is -0.466. The number of nitrogens with zero attached hydrogens (tertiary/aromatic N) is 1. The predicted octanol–water partition coefficient (Wildman–Crippen LogP) is 4.26. The molecule has 1 N–H and O–H groups in total. The predicted molar refractivity (Wildman–Crippen MR) is 74.9 cm³/mol. The molecule has 18 heavy (non-hydrogen) atoms. The topological polar surface area (TPSA) is 46.3 Å². The molecule has 1 aromatic carbocycles. The highest BCUT2D eigenvalue weighted by atomic mass is 79.9. The van der Waals surface area contributed by atoms with E-state index in [1.807, 2.05) is 32.0 Å². The number of benzene rings is 1. The molecule has 0 fully saturated rings. The van der Waals surface area contributed by atoms with Gasteiger partial charge in [-0.3, -0.25) is 0 Å². The van der Waals surface area contributed by atoms with E-state index in [9.17, 15) is 5.11 Å². The second-order valence-corrected chi connectivity index (χ2v) is 5.94. The molecule has 1 aromatic heterocycles. The summed E-state index contributed by atoms with van der Waals surface area (Å²) in [5.41, 5.74) is 1.79. The van der Waals surface area contributed by atoms with Gasteiger partial charge in [-0.2, -0.15) is 0 Å². The lowest BCUT2D eigenvalue weighted by molar-refractivity contribution is 0.199. The molecule has 1 atom stereocenters. The SMILES string of the molecule is Cc1nc(Sc2ccc(C(C)O)cc2Br)oc1C. The molecule has 2 aromatic rings. The quantitative estimate of drug-likeness (QED) is 0.914. The maximum absolute atomic E-state index is 9.51. The minimum Gasteiger partial charge on any atom is -0.436 e. The number of halogens is 1. The van der Waals surface area contributed by atoms with Gasteiger partial charge >= 0.3 is 0 Å². The van der Waals surface area contributed by atoms with Crippen LogP contribution in [0.15, 0.2) is 37.2 Å². The van der Waals surface area contributed by atoms with Crippen molar-refractivity contribution < 1.29 is 9.52 Å². The van der Waals surface area contributed by atoms with E-state index in [4.69, 9.17) is 4.42 Å². The van der Waals surface area contributed by atoms with Gasteiger partial charge in [-0.05, 0) is 66.2 Å². The molecule has 0 saturated carbocycles. The molecule has 1 unspecified atom stereocenters. The monoisotopic (exact) mass is 327 g/mol. The Labute approximate surface area is 119 Å². The zero-order valence-electron chi connectivity index (χ0n) is 10.4. The first-order chi connectivity index (χ1) is 8.47. The number of hydrogen-bond acceptors (Lipinski definition) is 4. The molecule has 96 valence electrons.